The summed E-state index contributed by atoms with van der Waals surface area (Å²) in [5.41, 5.74) is 1.92. The Morgan fingerprint density at radius 3 is 2.45 bits per heavy atom. The number of thioether (sulfide) groups is 1. The predicted molar refractivity (Wildman–Crippen MR) is 116 cm³/mol. The summed E-state index contributed by atoms with van der Waals surface area (Å²) in [5, 5.41) is 2.80. The van der Waals surface area contributed by atoms with Gasteiger partial charge in [0.1, 0.15) is 11.4 Å². The van der Waals surface area contributed by atoms with E-state index in [2.05, 4.69) is 15.3 Å². The Labute approximate surface area is 182 Å². The molecule has 158 valence electrons. The Hall–Kier alpha value is -3.72. The number of hydrogen-bond acceptors (Lipinski definition) is 7. The highest BCUT2D eigenvalue weighted by Crippen LogP contribution is 2.34. The Kier molecular flexibility index (Phi) is 5.94. The zero-order valence-electron chi connectivity index (χ0n) is 16.7. The Morgan fingerprint density at radius 1 is 1.06 bits per heavy atom. The Bertz CT molecular complexity index is 1130. The van der Waals surface area contributed by atoms with E-state index in [0.717, 1.165) is 0 Å². The second-order valence-corrected chi connectivity index (χ2v) is 7.84. The number of amides is 1. The number of imidazole rings is 1. The molecule has 4 aromatic rings. The van der Waals surface area contributed by atoms with Crippen LogP contribution in [0.1, 0.15) is 17.3 Å². The van der Waals surface area contributed by atoms with Gasteiger partial charge in [-0.2, -0.15) is 0 Å². The number of aromatic nitrogens is 2. The first kappa shape index (κ1) is 20.5. The number of rotatable bonds is 7. The number of aromatic amines is 1. The topological polar surface area (TPSA) is 110 Å². The standard InChI is InChI=1S/C22H19N3O5S/c1-13(20(26)23-15-8-4-3-7-14(15)21(27)28-2)31-22-24-18(16-9-5-11-29-16)19(25-22)17-10-6-12-30-17/h3-13H,1-2H3,(H,23,26)(H,24,25). The fourth-order valence-corrected chi connectivity index (χ4v) is 3.74. The number of carbonyl (C=O) groups is 2. The van der Waals surface area contributed by atoms with Gasteiger partial charge in [0.25, 0.3) is 0 Å². The van der Waals surface area contributed by atoms with Crippen LogP contribution in [0.2, 0.25) is 0 Å². The lowest BCUT2D eigenvalue weighted by Crippen LogP contribution is -2.23. The van der Waals surface area contributed by atoms with Crippen molar-refractivity contribution in [1.82, 2.24) is 9.97 Å². The van der Waals surface area contributed by atoms with Crippen molar-refractivity contribution in [3.8, 4) is 22.9 Å². The predicted octanol–water partition coefficient (Wildman–Crippen LogP) is 4.84. The summed E-state index contributed by atoms with van der Waals surface area (Å²) in [6.07, 6.45) is 3.14. The van der Waals surface area contributed by atoms with Crippen molar-refractivity contribution >= 4 is 29.3 Å². The van der Waals surface area contributed by atoms with E-state index in [1.807, 2.05) is 6.07 Å². The number of para-hydroxylation sites is 1. The Balaban J connectivity index is 1.54. The molecule has 0 saturated heterocycles. The number of hydrogen-bond donors (Lipinski definition) is 2. The highest BCUT2D eigenvalue weighted by Gasteiger charge is 2.23. The van der Waals surface area contributed by atoms with Crippen molar-refractivity contribution in [2.45, 2.75) is 17.3 Å². The van der Waals surface area contributed by atoms with Crippen molar-refractivity contribution in [3.63, 3.8) is 0 Å². The van der Waals surface area contributed by atoms with Gasteiger partial charge in [0.15, 0.2) is 16.7 Å². The van der Waals surface area contributed by atoms with Gasteiger partial charge in [-0.1, -0.05) is 23.9 Å². The second kappa shape index (κ2) is 8.97. The third-order valence-corrected chi connectivity index (χ3v) is 5.44. The summed E-state index contributed by atoms with van der Waals surface area (Å²) >= 11 is 1.24. The van der Waals surface area contributed by atoms with Crippen molar-refractivity contribution in [2.24, 2.45) is 0 Å². The molecule has 0 fully saturated rings. The van der Waals surface area contributed by atoms with Gasteiger partial charge >= 0.3 is 5.97 Å². The normalized spacial score (nSPS) is 11.8. The van der Waals surface area contributed by atoms with E-state index in [1.165, 1.54) is 18.9 Å². The van der Waals surface area contributed by atoms with Crippen molar-refractivity contribution in [3.05, 3.63) is 66.6 Å². The summed E-state index contributed by atoms with van der Waals surface area (Å²) in [5.74, 6) is 0.388. The van der Waals surface area contributed by atoms with Gasteiger partial charge in [0.2, 0.25) is 5.91 Å². The Morgan fingerprint density at radius 2 is 1.77 bits per heavy atom. The third-order valence-electron chi connectivity index (χ3n) is 4.45. The van der Waals surface area contributed by atoms with E-state index >= 15 is 0 Å². The highest BCUT2D eigenvalue weighted by molar-refractivity contribution is 8.00. The number of furan rings is 2. The molecule has 8 nitrogen and oxygen atoms in total. The fourth-order valence-electron chi connectivity index (χ4n) is 2.93. The molecule has 2 N–H and O–H groups in total. The highest BCUT2D eigenvalue weighted by atomic mass is 32.2. The van der Waals surface area contributed by atoms with E-state index in [1.54, 1.807) is 61.9 Å². The van der Waals surface area contributed by atoms with Gasteiger partial charge < -0.3 is 23.9 Å². The minimum atomic E-state index is -0.520. The summed E-state index contributed by atoms with van der Waals surface area (Å²) < 4.78 is 15.8. The molecule has 0 saturated carbocycles. The van der Waals surface area contributed by atoms with Crippen LogP contribution in [0.4, 0.5) is 5.69 Å². The van der Waals surface area contributed by atoms with Gasteiger partial charge in [-0.15, -0.1) is 0 Å². The maximum Gasteiger partial charge on any atom is 0.339 e. The lowest BCUT2D eigenvalue weighted by molar-refractivity contribution is -0.115. The SMILES string of the molecule is COC(=O)c1ccccc1NC(=O)C(C)Sc1nc(-c2ccco2)c(-c2ccco2)[nH]1. The van der Waals surface area contributed by atoms with E-state index < -0.39 is 11.2 Å². The lowest BCUT2D eigenvalue weighted by atomic mass is 10.2. The molecule has 1 atom stereocenters. The smallest absolute Gasteiger partial charge is 0.339 e. The van der Waals surface area contributed by atoms with E-state index in [4.69, 9.17) is 13.6 Å². The molecule has 0 spiro atoms. The van der Waals surface area contributed by atoms with Gasteiger partial charge in [0, 0.05) is 0 Å². The number of ether oxygens (including phenoxy) is 1. The number of carbonyl (C=O) groups excluding carboxylic acids is 2. The number of benzene rings is 1. The van der Waals surface area contributed by atoms with E-state index in [9.17, 15) is 9.59 Å². The van der Waals surface area contributed by atoms with Gasteiger partial charge in [-0.05, 0) is 43.3 Å². The van der Waals surface area contributed by atoms with E-state index in [-0.39, 0.29) is 11.5 Å². The second-order valence-electron chi connectivity index (χ2n) is 6.51. The molecule has 4 rings (SSSR count). The molecule has 3 heterocycles. The van der Waals surface area contributed by atoms with Crippen LogP contribution < -0.4 is 5.32 Å². The fraction of sp³-hybridized carbons (Fsp3) is 0.136. The molecule has 0 aliphatic rings. The molecule has 0 bridgehead atoms. The maximum atomic E-state index is 12.8. The number of esters is 1. The van der Waals surface area contributed by atoms with Crippen LogP contribution in [0.3, 0.4) is 0 Å². The van der Waals surface area contributed by atoms with Gasteiger partial charge in [-0.25, -0.2) is 9.78 Å². The average Bonchev–Trinajstić information content (AvgIpc) is 3.54. The first-order chi connectivity index (χ1) is 15.1. The summed E-state index contributed by atoms with van der Waals surface area (Å²) in [4.78, 5) is 32.5. The van der Waals surface area contributed by atoms with Gasteiger partial charge in [0.05, 0.1) is 36.1 Å². The average molecular weight is 437 g/mol. The summed E-state index contributed by atoms with van der Waals surface area (Å²) in [6, 6.07) is 13.9. The molecule has 1 unspecified atom stereocenters. The molecule has 0 aliphatic carbocycles. The molecule has 1 amide bonds. The number of nitrogens with one attached hydrogen (secondary N) is 2. The van der Waals surface area contributed by atoms with Crippen molar-refractivity contribution < 1.29 is 23.2 Å². The zero-order chi connectivity index (χ0) is 21.8. The molecule has 0 radical (unpaired) electrons. The minimum Gasteiger partial charge on any atom is -0.465 e. The number of methoxy groups -OCH3 is 1. The lowest BCUT2D eigenvalue weighted by Gasteiger charge is -2.13. The largest absolute Gasteiger partial charge is 0.465 e. The number of nitrogens with zero attached hydrogens (tertiary/aromatic N) is 1. The van der Waals surface area contributed by atoms with Gasteiger partial charge in [-0.3, -0.25) is 4.79 Å². The number of H-pyrrole nitrogens is 1. The van der Waals surface area contributed by atoms with Crippen LogP contribution in [0.5, 0.6) is 0 Å². The molecule has 9 heteroatoms. The third kappa shape index (κ3) is 4.41. The molecular weight excluding hydrogens is 418 g/mol. The molecule has 31 heavy (non-hydrogen) atoms. The monoisotopic (exact) mass is 437 g/mol. The first-order valence-corrected chi connectivity index (χ1v) is 10.3. The molecular formula is C22H19N3O5S. The maximum absolute atomic E-state index is 12.8. The van der Waals surface area contributed by atoms with Crippen LogP contribution in [-0.2, 0) is 9.53 Å². The zero-order valence-corrected chi connectivity index (χ0v) is 17.6. The van der Waals surface area contributed by atoms with Crippen LogP contribution in [0.15, 0.2) is 75.0 Å². The van der Waals surface area contributed by atoms with Crippen molar-refractivity contribution in [2.75, 3.05) is 12.4 Å². The summed E-state index contributed by atoms with van der Waals surface area (Å²) in [7, 11) is 1.30. The van der Waals surface area contributed by atoms with Crippen LogP contribution in [0.25, 0.3) is 22.9 Å². The first-order valence-electron chi connectivity index (χ1n) is 9.39. The number of anilines is 1. The summed E-state index contributed by atoms with van der Waals surface area (Å²) in [6.45, 7) is 1.75. The minimum absolute atomic E-state index is 0.281. The molecule has 0 aliphatic heterocycles. The molecule has 3 aromatic heterocycles. The van der Waals surface area contributed by atoms with Crippen molar-refractivity contribution in [1.29, 1.82) is 0 Å². The van der Waals surface area contributed by atoms with Crippen LogP contribution in [-0.4, -0.2) is 34.2 Å². The molecule has 1 aromatic carbocycles. The van der Waals surface area contributed by atoms with E-state index in [0.29, 0.717) is 33.8 Å². The quantitative estimate of drug-likeness (QED) is 0.314. The van der Waals surface area contributed by atoms with Crippen LogP contribution >= 0.6 is 11.8 Å². The van der Waals surface area contributed by atoms with Crippen LogP contribution in [0, 0.1) is 0 Å².